The molecule has 3 fully saturated rings. The van der Waals surface area contributed by atoms with Crippen molar-refractivity contribution in [2.75, 3.05) is 19.8 Å². The number of rotatable bonds is 7. The number of amides is 1. The average molecular weight is 333 g/mol. The molecule has 1 saturated carbocycles. The van der Waals surface area contributed by atoms with Crippen molar-refractivity contribution in [2.45, 2.75) is 63.3 Å². The Kier molecular flexibility index (Phi) is 4.85. The van der Waals surface area contributed by atoms with Crippen LogP contribution in [0.1, 0.15) is 38.5 Å². The first kappa shape index (κ1) is 16.1. The standard InChI is InChI=1S/C18H27N3O3/c22-17(12-14-5-6-14)21-13-16(18-15(21)4-1-10-24-18)23-11-3-9-20-8-2-7-19-20/h2,7-8,14-16,18H,1,3-6,9-13H2/t15-,16-,18+/m1/s1. The number of fused-ring (bicyclic) bond motifs is 1. The summed E-state index contributed by atoms with van der Waals surface area (Å²) in [4.78, 5) is 14.6. The van der Waals surface area contributed by atoms with Crippen LogP contribution in [0.3, 0.4) is 0 Å². The fourth-order valence-electron chi connectivity index (χ4n) is 3.92. The highest BCUT2D eigenvalue weighted by molar-refractivity contribution is 5.77. The molecular formula is C18H27N3O3. The predicted octanol–water partition coefficient (Wildman–Crippen LogP) is 1.85. The third-order valence-electron chi connectivity index (χ3n) is 5.38. The van der Waals surface area contributed by atoms with Crippen LogP contribution in [0.5, 0.6) is 0 Å². The van der Waals surface area contributed by atoms with Crippen molar-refractivity contribution >= 4 is 5.91 Å². The second-order valence-electron chi connectivity index (χ2n) is 7.27. The zero-order valence-corrected chi connectivity index (χ0v) is 14.2. The molecule has 2 aliphatic heterocycles. The predicted molar refractivity (Wildman–Crippen MR) is 88.4 cm³/mol. The monoisotopic (exact) mass is 333 g/mol. The van der Waals surface area contributed by atoms with E-state index < -0.39 is 0 Å². The first-order chi connectivity index (χ1) is 11.8. The molecule has 24 heavy (non-hydrogen) atoms. The van der Waals surface area contributed by atoms with Gasteiger partial charge in [-0.3, -0.25) is 9.48 Å². The van der Waals surface area contributed by atoms with E-state index in [0.29, 0.717) is 25.0 Å². The van der Waals surface area contributed by atoms with Crippen LogP contribution in [0.25, 0.3) is 0 Å². The highest BCUT2D eigenvalue weighted by Gasteiger charge is 2.47. The van der Waals surface area contributed by atoms with E-state index in [9.17, 15) is 4.79 Å². The van der Waals surface area contributed by atoms with Gasteiger partial charge in [0, 0.05) is 45.1 Å². The van der Waals surface area contributed by atoms with Gasteiger partial charge in [-0.05, 0) is 44.1 Å². The molecule has 0 bridgehead atoms. The molecule has 6 heteroatoms. The molecule has 3 heterocycles. The van der Waals surface area contributed by atoms with E-state index in [1.807, 2.05) is 16.9 Å². The summed E-state index contributed by atoms with van der Waals surface area (Å²) in [7, 11) is 0. The molecule has 132 valence electrons. The molecule has 0 N–H and O–H groups in total. The lowest BCUT2D eigenvalue weighted by molar-refractivity contribution is -0.135. The first-order valence-electron chi connectivity index (χ1n) is 9.31. The molecule has 0 radical (unpaired) electrons. The van der Waals surface area contributed by atoms with Crippen molar-refractivity contribution in [2.24, 2.45) is 5.92 Å². The first-order valence-corrected chi connectivity index (χ1v) is 9.31. The van der Waals surface area contributed by atoms with Crippen molar-refractivity contribution in [3.05, 3.63) is 18.5 Å². The van der Waals surface area contributed by atoms with E-state index in [-0.39, 0.29) is 18.2 Å². The lowest BCUT2D eigenvalue weighted by Gasteiger charge is -2.32. The second kappa shape index (κ2) is 7.23. The highest BCUT2D eigenvalue weighted by atomic mass is 16.5. The van der Waals surface area contributed by atoms with E-state index in [2.05, 4.69) is 10.00 Å². The number of aryl methyl sites for hydroxylation is 1. The summed E-state index contributed by atoms with van der Waals surface area (Å²) in [6, 6.07) is 2.16. The number of aromatic nitrogens is 2. The number of carbonyl (C=O) groups is 1. The zero-order valence-electron chi connectivity index (χ0n) is 14.2. The lowest BCUT2D eigenvalue weighted by Crippen LogP contribution is -2.44. The maximum Gasteiger partial charge on any atom is 0.223 e. The van der Waals surface area contributed by atoms with Gasteiger partial charge in [-0.2, -0.15) is 5.10 Å². The Hall–Kier alpha value is -1.40. The molecule has 2 saturated heterocycles. The SMILES string of the molecule is O=C(CC1CC1)N1C[C@@H](OCCCn2cccn2)[C@H]2OCCC[C@H]21. The van der Waals surface area contributed by atoms with Crippen molar-refractivity contribution in [1.82, 2.24) is 14.7 Å². The van der Waals surface area contributed by atoms with Crippen LogP contribution in [-0.4, -0.2) is 58.6 Å². The maximum absolute atomic E-state index is 12.6. The van der Waals surface area contributed by atoms with Gasteiger partial charge in [0.25, 0.3) is 0 Å². The van der Waals surface area contributed by atoms with E-state index >= 15 is 0 Å². The van der Waals surface area contributed by atoms with Gasteiger partial charge in [0.1, 0.15) is 12.2 Å². The molecule has 1 amide bonds. The molecule has 0 aromatic carbocycles. The van der Waals surface area contributed by atoms with Crippen LogP contribution in [0.15, 0.2) is 18.5 Å². The Morgan fingerprint density at radius 3 is 3.04 bits per heavy atom. The van der Waals surface area contributed by atoms with Gasteiger partial charge < -0.3 is 14.4 Å². The number of hydrogen-bond acceptors (Lipinski definition) is 4. The fraction of sp³-hybridized carbons (Fsp3) is 0.778. The summed E-state index contributed by atoms with van der Waals surface area (Å²) < 4.78 is 14.0. The summed E-state index contributed by atoms with van der Waals surface area (Å²) in [5.74, 6) is 0.940. The van der Waals surface area contributed by atoms with Gasteiger partial charge in [0.2, 0.25) is 5.91 Å². The topological polar surface area (TPSA) is 56.6 Å². The number of carbonyl (C=O) groups excluding carboxylic acids is 1. The quantitative estimate of drug-likeness (QED) is 0.715. The summed E-state index contributed by atoms with van der Waals surface area (Å²) in [6.45, 7) is 3.03. The Morgan fingerprint density at radius 2 is 2.25 bits per heavy atom. The summed E-state index contributed by atoms with van der Waals surface area (Å²) >= 11 is 0. The minimum atomic E-state index is 0.0241. The van der Waals surface area contributed by atoms with Gasteiger partial charge in [-0.1, -0.05) is 0 Å². The van der Waals surface area contributed by atoms with Crippen LogP contribution >= 0.6 is 0 Å². The zero-order chi connectivity index (χ0) is 16.4. The van der Waals surface area contributed by atoms with E-state index in [0.717, 1.165) is 38.8 Å². The van der Waals surface area contributed by atoms with Crippen LogP contribution in [0.2, 0.25) is 0 Å². The second-order valence-corrected chi connectivity index (χ2v) is 7.27. The maximum atomic E-state index is 12.6. The Balaban J connectivity index is 1.29. The Bertz CT molecular complexity index is 544. The largest absolute Gasteiger partial charge is 0.374 e. The van der Waals surface area contributed by atoms with E-state index in [1.54, 1.807) is 6.20 Å². The molecule has 4 rings (SSSR count). The van der Waals surface area contributed by atoms with Crippen molar-refractivity contribution < 1.29 is 14.3 Å². The van der Waals surface area contributed by atoms with Crippen LogP contribution in [0.4, 0.5) is 0 Å². The van der Waals surface area contributed by atoms with Gasteiger partial charge in [-0.15, -0.1) is 0 Å². The number of ether oxygens (including phenoxy) is 2. The third kappa shape index (κ3) is 3.64. The van der Waals surface area contributed by atoms with E-state index in [4.69, 9.17) is 9.47 Å². The molecule has 1 aromatic rings. The summed E-state index contributed by atoms with van der Waals surface area (Å²) in [6.07, 6.45) is 10.0. The van der Waals surface area contributed by atoms with Gasteiger partial charge in [0.15, 0.2) is 0 Å². The van der Waals surface area contributed by atoms with Gasteiger partial charge in [0.05, 0.1) is 6.04 Å². The molecular weight excluding hydrogens is 306 g/mol. The number of likely N-dealkylation sites (tertiary alicyclic amines) is 1. The average Bonchev–Trinajstić information content (AvgIpc) is 3.12. The van der Waals surface area contributed by atoms with Crippen molar-refractivity contribution in [3.63, 3.8) is 0 Å². The summed E-state index contributed by atoms with van der Waals surface area (Å²) in [5, 5.41) is 4.20. The molecule has 3 aliphatic rings. The van der Waals surface area contributed by atoms with Gasteiger partial charge in [-0.25, -0.2) is 0 Å². The molecule has 3 atom stereocenters. The fourth-order valence-corrected chi connectivity index (χ4v) is 3.92. The summed E-state index contributed by atoms with van der Waals surface area (Å²) in [5.41, 5.74) is 0. The Morgan fingerprint density at radius 1 is 1.33 bits per heavy atom. The number of hydrogen-bond donors (Lipinski definition) is 0. The molecule has 0 unspecified atom stereocenters. The van der Waals surface area contributed by atoms with Crippen LogP contribution in [0, 0.1) is 5.92 Å². The van der Waals surface area contributed by atoms with Crippen LogP contribution in [-0.2, 0) is 20.8 Å². The van der Waals surface area contributed by atoms with Crippen LogP contribution < -0.4 is 0 Å². The molecule has 0 spiro atoms. The van der Waals surface area contributed by atoms with Crippen molar-refractivity contribution in [3.8, 4) is 0 Å². The third-order valence-corrected chi connectivity index (χ3v) is 5.38. The minimum Gasteiger partial charge on any atom is -0.374 e. The lowest BCUT2D eigenvalue weighted by atomic mass is 10.0. The number of nitrogens with zero attached hydrogens (tertiary/aromatic N) is 3. The molecule has 1 aliphatic carbocycles. The molecule has 1 aromatic heterocycles. The smallest absolute Gasteiger partial charge is 0.223 e. The normalized spacial score (nSPS) is 29.7. The van der Waals surface area contributed by atoms with Gasteiger partial charge >= 0.3 is 0 Å². The highest BCUT2D eigenvalue weighted by Crippen LogP contribution is 2.36. The minimum absolute atomic E-state index is 0.0241. The Labute approximate surface area is 143 Å². The molecule has 6 nitrogen and oxygen atoms in total. The van der Waals surface area contributed by atoms with Crippen molar-refractivity contribution in [1.29, 1.82) is 0 Å². The van der Waals surface area contributed by atoms with E-state index in [1.165, 1.54) is 12.8 Å².